The number of para-hydroxylation sites is 1. The van der Waals surface area contributed by atoms with E-state index in [2.05, 4.69) is 5.32 Å². The van der Waals surface area contributed by atoms with E-state index in [1.807, 2.05) is 0 Å². The lowest BCUT2D eigenvalue weighted by molar-refractivity contribution is -0.119. The van der Waals surface area contributed by atoms with Gasteiger partial charge in [-0.3, -0.25) is 9.10 Å². The number of sulfonamides is 2. The van der Waals surface area contributed by atoms with Crippen LogP contribution in [0.25, 0.3) is 0 Å². The SMILES string of the molecule is CN(C)S(=O)(=O)c1ccc(OCCNC(=O)CN(c2ccccc2)S(=O)(=O)c2ccc(Cl)cc2)cc1. The average Bonchev–Trinajstić information content (AvgIpc) is 2.86. The molecule has 0 bridgehead atoms. The van der Waals surface area contributed by atoms with Crippen LogP contribution in [-0.2, 0) is 24.8 Å². The zero-order valence-corrected chi connectivity index (χ0v) is 22.1. The van der Waals surface area contributed by atoms with Crippen LogP contribution in [0, 0.1) is 0 Å². The van der Waals surface area contributed by atoms with E-state index in [1.165, 1.54) is 62.6 Å². The number of ether oxygens (including phenoxy) is 1. The first-order valence-electron chi connectivity index (χ1n) is 10.8. The number of benzene rings is 3. The molecule has 0 atom stereocenters. The molecule has 0 radical (unpaired) electrons. The molecular formula is C24H26ClN3O6S2. The van der Waals surface area contributed by atoms with Crippen LogP contribution in [0.5, 0.6) is 5.75 Å². The normalized spacial score (nSPS) is 11.8. The van der Waals surface area contributed by atoms with Crippen LogP contribution in [-0.4, -0.2) is 60.8 Å². The molecule has 3 aromatic rings. The summed E-state index contributed by atoms with van der Waals surface area (Å²) in [6.07, 6.45) is 0. The van der Waals surface area contributed by atoms with E-state index in [0.29, 0.717) is 16.5 Å². The molecule has 9 nitrogen and oxygen atoms in total. The Morgan fingerprint density at radius 1 is 0.833 bits per heavy atom. The summed E-state index contributed by atoms with van der Waals surface area (Å²) >= 11 is 5.88. The quantitative estimate of drug-likeness (QED) is 0.367. The standard InChI is InChI=1S/C24H26ClN3O6S2/c1-27(2)35(30,31)22-14-10-21(11-15-22)34-17-16-26-24(29)18-28(20-6-4-3-5-7-20)36(32,33)23-12-8-19(25)9-13-23/h3-15H,16-18H2,1-2H3,(H,26,29). The molecule has 1 amide bonds. The molecule has 0 aliphatic heterocycles. The van der Waals surface area contributed by atoms with Crippen LogP contribution in [0.15, 0.2) is 88.7 Å². The summed E-state index contributed by atoms with van der Waals surface area (Å²) in [7, 11) is -4.68. The van der Waals surface area contributed by atoms with Crippen molar-refractivity contribution >= 4 is 43.2 Å². The molecule has 3 rings (SSSR count). The Hall–Kier alpha value is -3.12. The van der Waals surface area contributed by atoms with Gasteiger partial charge in [-0.1, -0.05) is 29.8 Å². The van der Waals surface area contributed by atoms with E-state index in [1.54, 1.807) is 30.3 Å². The maximum Gasteiger partial charge on any atom is 0.264 e. The maximum atomic E-state index is 13.3. The monoisotopic (exact) mass is 551 g/mol. The predicted molar refractivity (Wildman–Crippen MR) is 138 cm³/mol. The van der Waals surface area contributed by atoms with E-state index in [9.17, 15) is 21.6 Å². The summed E-state index contributed by atoms with van der Waals surface area (Å²) in [4.78, 5) is 12.8. The third kappa shape index (κ3) is 6.76. The number of amides is 1. The van der Waals surface area contributed by atoms with Gasteiger partial charge in [0.15, 0.2) is 0 Å². The second kappa shape index (κ2) is 11.7. The molecule has 0 heterocycles. The van der Waals surface area contributed by atoms with Crippen LogP contribution in [0.1, 0.15) is 0 Å². The molecule has 0 aliphatic carbocycles. The summed E-state index contributed by atoms with van der Waals surface area (Å²) < 4.78 is 58.5. The Morgan fingerprint density at radius 2 is 1.39 bits per heavy atom. The fourth-order valence-electron chi connectivity index (χ4n) is 3.11. The first kappa shape index (κ1) is 27.5. The highest BCUT2D eigenvalue weighted by Gasteiger charge is 2.27. The number of hydrogen-bond donors (Lipinski definition) is 1. The lowest BCUT2D eigenvalue weighted by Gasteiger charge is -2.24. The number of halogens is 1. The summed E-state index contributed by atoms with van der Waals surface area (Å²) in [6.45, 7) is -0.229. The highest BCUT2D eigenvalue weighted by atomic mass is 35.5. The highest BCUT2D eigenvalue weighted by molar-refractivity contribution is 7.92. The third-order valence-corrected chi connectivity index (χ3v) is 8.90. The molecule has 192 valence electrons. The van der Waals surface area contributed by atoms with Crippen molar-refractivity contribution in [2.75, 3.05) is 38.1 Å². The van der Waals surface area contributed by atoms with Gasteiger partial charge in [-0.05, 0) is 60.7 Å². The van der Waals surface area contributed by atoms with Gasteiger partial charge in [0.2, 0.25) is 15.9 Å². The number of nitrogens with zero attached hydrogens (tertiary/aromatic N) is 2. The number of rotatable bonds is 11. The molecule has 0 saturated carbocycles. The topological polar surface area (TPSA) is 113 Å². The summed E-state index contributed by atoms with van der Waals surface area (Å²) in [5.41, 5.74) is 0.339. The maximum absolute atomic E-state index is 13.3. The second-order valence-corrected chi connectivity index (χ2v) is 12.2. The Bertz CT molecular complexity index is 1380. The average molecular weight is 552 g/mol. The van der Waals surface area contributed by atoms with Crippen LogP contribution in [0.2, 0.25) is 5.02 Å². The van der Waals surface area contributed by atoms with E-state index >= 15 is 0 Å². The van der Waals surface area contributed by atoms with Crippen molar-refractivity contribution in [1.29, 1.82) is 0 Å². The minimum absolute atomic E-state index is 0.00612. The number of anilines is 1. The number of carbonyl (C=O) groups excluding carboxylic acids is 1. The first-order valence-corrected chi connectivity index (χ1v) is 14.0. The van der Waals surface area contributed by atoms with Gasteiger partial charge in [-0.15, -0.1) is 0 Å². The molecule has 0 saturated heterocycles. The zero-order chi connectivity index (χ0) is 26.3. The lowest BCUT2D eigenvalue weighted by atomic mass is 10.3. The molecule has 36 heavy (non-hydrogen) atoms. The van der Waals surface area contributed by atoms with Crippen molar-refractivity contribution in [3.8, 4) is 5.75 Å². The van der Waals surface area contributed by atoms with Crippen molar-refractivity contribution in [3.05, 3.63) is 83.9 Å². The van der Waals surface area contributed by atoms with Gasteiger partial charge in [-0.2, -0.15) is 0 Å². The zero-order valence-electron chi connectivity index (χ0n) is 19.7. The van der Waals surface area contributed by atoms with Crippen molar-refractivity contribution in [2.45, 2.75) is 9.79 Å². The molecule has 0 fully saturated rings. The van der Waals surface area contributed by atoms with Crippen molar-refractivity contribution in [3.63, 3.8) is 0 Å². The Kier molecular flexibility index (Phi) is 8.96. The fourth-order valence-corrected chi connectivity index (χ4v) is 5.56. The van der Waals surface area contributed by atoms with Gasteiger partial charge in [0, 0.05) is 19.1 Å². The van der Waals surface area contributed by atoms with Gasteiger partial charge in [0.05, 0.1) is 22.0 Å². The smallest absolute Gasteiger partial charge is 0.264 e. The number of carbonyl (C=O) groups is 1. The van der Waals surface area contributed by atoms with Gasteiger partial charge < -0.3 is 10.1 Å². The molecular weight excluding hydrogens is 526 g/mol. The van der Waals surface area contributed by atoms with Crippen molar-refractivity contribution < 1.29 is 26.4 Å². The fraction of sp³-hybridized carbons (Fsp3) is 0.208. The molecule has 3 aromatic carbocycles. The molecule has 1 N–H and O–H groups in total. The van der Waals surface area contributed by atoms with Crippen LogP contribution >= 0.6 is 11.6 Å². The van der Waals surface area contributed by atoms with Gasteiger partial charge >= 0.3 is 0 Å². The van der Waals surface area contributed by atoms with E-state index in [0.717, 1.165) is 8.61 Å². The lowest BCUT2D eigenvalue weighted by Crippen LogP contribution is -2.41. The summed E-state index contributed by atoms with van der Waals surface area (Å²) in [6, 6.07) is 19.9. The minimum Gasteiger partial charge on any atom is -0.492 e. The Balaban J connectivity index is 1.61. The van der Waals surface area contributed by atoms with E-state index in [-0.39, 0.29) is 22.9 Å². The highest BCUT2D eigenvalue weighted by Crippen LogP contribution is 2.24. The Labute approximate surface area is 216 Å². The van der Waals surface area contributed by atoms with Gasteiger partial charge in [0.25, 0.3) is 10.0 Å². The Morgan fingerprint density at radius 3 is 1.97 bits per heavy atom. The molecule has 0 spiro atoms. The van der Waals surface area contributed by atoms with Gasteiger partial charge in [0.1, 0.15) is 18.9 Å². The first-order chi connectivity index (χ1) is 17.0. The minimum atomic E-state index is -4.03. The van der Waals surface area contributed by atoms with Gasteiger partial charge in [-0.25, -0.2) is 21.1 Å². The number of hydrogen-bond acceptors (Lipinski definition) is 6. The van der Waals surface area contributed by atoms with Crippen molar-refractivity contribution in [2.24, 2.45) is 0 Å². The third-order valence-electron chi connectivity index (χ3n) is 5.03. The molecule has 0 aliphatic rings. The predicted octanol–water partition coefficient (Wildman–Crippen LogP) is 2.98. The van der Waals surface area contributed by atoms with Crippen LogP contribution < -0.4 is 14.4 Å². The second-order valence-electron chi connectivity index (χ2n) is 7.76. The van der Waals surface area contributed by atoms with Crippen LogP contribution in [0.4, 0.5) is 5.69 Å². The van der Waals surface area contributed by atoms with E-state index < -0.39 is 32.5 Å². The number of nitrogens with one attached hydrogen (secondary N) is 1. The molecule has 12 heteroatoms. The van der Waals surface area contributed by atoms with E-state index in [4.69, 9.17) is 16.3 Å². The largest absolute Gasteiger partial charge is 0.492 e. The molecule has 0 unspecified atom stereocenters. The molecule has 0 aromatic heterocycles. The van der Waals surface area contributed by atoms with Crippen molar-refractivity contribution in [1.82, 2.24) is 9.62 Å². The summed E-state index contributed by atoms with van der Waals surface area (Å²) in [5.74, 6) is -0.0920. The van der Waals surface area contributed by atoms with Crippen LogP contribution in [0.3, 0.4) is 0 Å². The summed E-state index contributed by atoms with van der Waals surface area (Å²) in [5, 5.41) is 3.04.